The summed E-state index contributed by atoms with van der Waals surface area (Å²) in [6.07, 6.45) is 0. The van der Waals surface area contributed by atoms with Crippen LogP contribution in [0.1, 0.15) is 11.1 Å². The van der Waals surface area contributed by atoms with Crippen molar-refractivity contribution >= 4 is 61.5 Å². The van der Waals surface area contributed by atoms with Crippen LogP contribution in [0.5, 0.6) is 5.75 Å². The largest absolute Gasteiger partial charge is 0.495 e. The molecule has 0 atom stereocenters. The number of hydrogen-bond donors (Lipinski definition) is 1. The molecule has 0 unspecified atom stereocenters. The van der Waals surface area contributed by atoms with E-state index < -0.39 is 22.5 Å². The molecule has 1 N–H and O–H groups in total. The molecule has 0 aliphatic rings. The van der Waals surface area contributed by atoms with Crippen LogP contribution < -0.4 is 14.4 Å². The van der Waals surface area contributed by atoms with Gasteiger partial charge in [-0.25, -0.2) is 8.42 Å². The van der Waals surface area contributed by atoms with Crippen molar-refractivity contribution in [3.63, 3.8) is 0 Å². The molecule has 3 rings (SSSR count). The third-order valence-corrected chi connectivity index (χ3v) is 7.54. The molecule has 0 saturated carbocycles. The SMILES string of the molecule is COc1ccc(N(CC(=O)Nc2ccc(I)cc2C)S(=O)(=O)c2ccc(C)cc2)cc1Cl. The summed E-state index contributed by atoms with van der Waals surface area (Å²) < 4.78 is 34.2. The first-order valence-electron chi connectivity index (χ1n) is 9.61. The third kappa shape index (κ3) is 5.54. The van der Waals surface area contributed by atoms with Crippen LogP contribution in [-0.4, -0.2) is 28.0 Å². The van der Waals surface area contributed by atoms with E-state index in [1.54, 1.807) is 30.3 Å². The Morgan fingerprint density at radius 3 is 2.34 bits per heavy atom. The lowest BCUT2D eigenvalue weighted by molar-refractivity contribution is -0.114. The monoisotopic (exact) mass is 584 g/mol. The molecule has 0 spiro atoms. The van der Waals surface area contributed by atoms with Crippen molar-refractivity contribution in [1.29, 1.82) is 0 Å². The van der Waals surface area contributed by atoms with Gasteiger partial charge in [0, 0.05) is 9.26 Å². The van der Waals surface area contributed by atoms with E-state index >= 15 is 0 Å². The second kappa shape index (κ2) is 10.1. The van der Waals surface area contributed by atoms with Crippen molar-refractivity contribution in [3.05, 3.63) is 80.4 Å². The fourth-order valence-corrected chi connectivity index (χ4v) is 5.36. The van der Waals surface area contributed by atoms with Crippen molar-refractivity contribution in [2.75, 3.05) is 23.3 Å². The van der Waals surface area contributed by atoms with Crippen LogP contribution in [-0.2, 0) is 14.8 Å². The maximum absolute atomic E-state index is 13.5. The van der Waals surface area contributed by atoms with Gasteiger partial charge in [0.2, 0.25) is 5.91 Å². The molecule has 6 nitrogen and oxygen atoms in total. The van der Waals surface area contributed by atoms with Gasteiger partial charge in [-0.05, 0) is 90.5 Å². The standard InChI is InChI=1S/C23H22ClIN2O4S/c1-15-4-8-19(9-5-15)32(29,30)27(18-7-11-22(31-3)20(24)13-18)14-23(28)26-21-10-6-17(25)12-16(21)2/h4-13H,14H2,1-3H3,(H,26,28). The molecule has 0 saturated heterocycles. The second-order valence-corrected chi connectivity index (χ2v) is 10.7. The van der Waals surface area contributed by atoms with Crippen LogP contribution in [0.15, 0.2) is 65.6 Å². The lowest BCUT2D eigenvalue weighted by Gasteiger charge is -2.25. The number of amides is 1. The van der Waals surface area contributed by atoms with E-state index in [4.69, 9.17) is 16.3 Å². The smallest absolute Gasteiger partial charge is 0.264 e. The molecule has 168 valence electrons. The zero-order valence-corrected chi connectivity index (χ0v) is 21.5. The molecule has 0 aromatic heterocycles. The Labute approximate surface area is 206 Å². The molecule has 1 amide bonds. The number of methoxy groups -OCH3 is 1. The minimum absolute atomic E-state index is 0.0771. The van der Waals surface area contributed by atoms with Crippen molar-refractivity contribution in [3.8, 4) is 5.75 Å². The van der Waals surface area contributed by atoms with Gasteiger partial charge in [-0.15, -0.1) is 0 Å². The van der Waals surface area contributed by atoms with E-state index in [9.17, 15) is 13.2 Å². The first-order valence-corrected chi connectivity index (χ1v) is 12.5. The fraction of sp³-hybridized carbons (Fsp3) is 0.174. The van der Waals surface area contributed by atoms with Crippen molar-refractivity contribution in [1.82, 2.24) is 0 Å². The number of nitrogens with one attached hydrogen (secondary N) is 1. The van der Waals surface area contributed by atoms with Crippen LogP contribution in [0.2, 0.25) is 5.02 Å². The highest BCUT2D eigenvalue weighted by Gasteiger charge is 2.28. The zero-order chi connectivity index (χ0) is 23.5. The van der Waals surface area contributed by atoms with Gasteiger partial charge in [0.25, 0.3) is 10.0 Å². The van der Waals surface area contributed by atoms with E-state index in [0.717, 1.165) is 19.0 Å². The molecule has 3 aromatic rings. The fourth-order valence-electron chi connectivity index (χ4n) is 3.05. The Balaban J connectivity index is 1.99. The van der Waals surface area contributed by atoms with E-state index in [0.29, 0.717) is 11.4 Å². The minimum Gasteiger partial charge on any atom is -0.495 e. The van der Waals surface area contributed by atoms with Crippen molar-refractivity contribution in [2.24, 2.45) is 0 Å². The van der Waals surface area contributed by atoms with E-state index in [1.165, 1.54) is 25.3 Å². The topological polar surface area (TPSA) is 75.7 Å². The molecule has 0 aliphatic heterocycles. The molecule has 0 bridgehead atoms. The number of ether oxygens (including phenoxy) is 1. The van der Waals surface area contributed by atoms with Crippen molar-refractivity contribution in [2.45, 2.75) is 18.7 Å². The molecule has 0 fully saturated rings. The van der Waals surface area contributed by atoms with Gasteiger partial charge in [-0.1, -0.05) is 29.3 Å². The molecule has 0 heterocycles. The lowest BCUT2D eigenvalue weighted by atomic mass is 10.2. The number of anilines is 2. The number of halogens is 2. The van der Waals surface area contributed by atoms with E-state index in [2.05, 4.69) is 27.9 Å². The maximum atomic E-state index is 13.5. The summed E-state index contributed by atoms with van der Waals surface area (Å²) in [5, 5.41) is 3.04. The van der Waals surface area contributed by atoms with Gasteiger partial charge in [0.15, 0.2) is 0 Å². The minimum atomic E-state index is -4.04. The summed E-state index contributed by atoms with van der Waals surface area (Å²) >= 11 is 8.43. The van der Waals surface area contributed by atoms with Crippen LogP contribution in [0.3, 0.4) is 0 Å². The number of carbonyl (C=O) groups is 1. The van der Waals surface area contributed by atoms with Crippen LogP contribution in [0.25, 0.3) is 0 Å². The van der Waals surface area contributed by atoms with Gasteiger partial charge in [0.05, 0.1) is 22.7 Å². The Kier molecular flexibility index (Phi) is 7.68. The van der Waals surface area contributed by atoms with E-state index in [1.807, 2.05) is 26.0 Å². The molecule has 32 heavy (non-hydrogen) atoms. The Morgan fingerprint density at radius 2 is 1.75 bits per heavy atom. The molecule has 9 heteroatoms. The molecule has 0 radical (unpaired) electrons. The normalized spacial score (nSPS) is 11.2. The van der Waals surface area contributed by atoms with Crippen LogP contribution in [0, 0.1) is 17.4 Å². The van der Waals surface area contributed by atoms with Gasteiger partial charge in [0.1, 0.15) is 12.3 Å². The number of hydrogen-bond acceptors (Lipinski definition) is 4. The van der Waals surface area contributed by atoms with Crippen LogP contribution >= 0.6 is 34.2 Å². The molecule has 0 aliphatic carbocycles. The van der Waals surface area contributed by atoms with Crippen LogP contribution in [0.4, 0.5) is 11.4 Å². The number of aryl methyl sites for hydroxylation is 2. The number of nitrogens with zero attached hydrogens (tertiary/aromatic N) is 1. The number of benzene rings is 3. The Morgan fingerprint density at radius 1 is 1.06 bits per heavy atom. The average Bonchev–Trinajstić information content (AvgIpc) is 2.74. The summed E-state index contributed by atoms with van der Waals surface area (Å²) in [7, 11) is -2.57. The second-order valence-electron chi connectivity index (χ2n) is 7.15. The Bertz CT molecular complexity index is 1250. The maximum Gasteiger partial charge on any atom is 0.264 e. The highest BCUT2D eigenvalue weighted by atomic mass is 127. The first kappa shape index (κ1) is 24.3. The zero-order valence-electron chi connectivity index (χ0n) is 17.7. The quantitative estimate of drug-likeness (QED) is 0.377. The third-order valence-electron chi connectivity index (χ3n) is 4.78. The van der Waals surface area contributed by atoms with E-state index in [-0.39, 0.29) is 15.6 Å². The summed E-state index contributed by atoms with van der Waals surface area (Å²) in [4.78, 5) is 13.0. The number of rotatable bonds is 7. The van der Waals surface area contributed by atoms with Crippen molar-refractivity contribution < 1.29 is 17.9 Å². The molecule has 3 aromatic carbocycles. The van der Waals surface area contributed by atoms with Gasteiger partial charge >= 0.3 is 0 Å². The van der Waals surface area contributed by atoms with Gasteiger partial charge in [-0.3, -0.25) is 9.10 Å². The predicted molar refractivity (Wildman–Crippen MR) is 136 cm³/mol. The number of sulfonamides is 1. The Hall–Kier alpha value is -2.30. The van der Waals surface area contributed by atoms with Gasteiger partial charge < -0.3 is 10.1 Å². The summed E-state index contributed by atoms with van der Waals surface area (Å²) in [6, 6.07) is 16.6. The highest BCUT2D eigenvalue weighted by molar-refractivity contribution is 14.1. The predicted octanol–water partition coefficient (Wildman–Crippen LogP) is 5.40. The molecular weight excluding hydrogens is 563 g/mol. The highest BCUT2D eigenvalue weighted by Crippen LogP contribution is 2.32. The number of carbonyl (C=O) groups excluding carboxylic acids is 1. The summed E-state index contributed by atoms with van der Waals surface area (Å²) in [5.74, 6) is -0.0704. The average molecular weight is 585 g/mol. The summed E-state index contributed by atoms with van der Waals surface area (Å²) in [5.41, 5.74) is 2.68. The lowest BCUT2D eigenvalue weighted by Crippen LogP contribution is -2.38. The van der Waals surface area contributed by atoms with Gasteiger partial charge in [-0.2, -0.15) is 0 Å². The molecular formula is C23H22ClIN2O4S. The first-order chi connectivity index (χ1) is 15.1. The summed E-state index contributed by atoms with van der Waals surface area (Å²) in [6.45, 7) is 3.32.